The summed E-state index contributed by atoms with van der Waals surface area (Å²) in [6, 6.07) is 12.5. The van der Waals surface area contributed by atoms with Crippen molar-refractivity contribution in [2.75, 3.05) is 29.9 Å². The van der Waals surface area contributed by atoms with Gasteiger partial charge in [0.05, 0.1) is 11.9 Å². The van der Waals surface area contributed by atoms with Crippen molar-refractivity contribution in [1.29, 1.82) is 0 Å². The standard InChI is InChI=1S/C27H22F2N4O3/c1-31(25-22(28)16-20(17-23(25)29)10-9-19-6-3-2-4-7-19)27(36)33-14-13-32(21-8-5-12-30-18-21)26(35)24(33)11-15-34/h2-8,12,15-18,24H,11,13-14H2,1H3. The number of hydrogen-bond donors (Lipinski definition) is 0. The van der Waals surface area contributed by atoms with Gasteiger partial charge in [-0.05, 0) is 36.4 Å². The number of pyridine rings is 1. The number of anilines is 2. The number of amides is 3. The molecule has 0 N–H and O–H groups in total. The summed E-state index contributed by atoms with van der Waals surface area (Å²) in [4.78, 5) is 45.1. The van der Waals surface area contributed by atoms with Crippen molar-refractivity contribution in [3.63, 3.8) is 0 Å². The van der Waals surface area contributed by atoms with Crippen LogP contribution in [0.3, 0.4) is 0 Å². The molecule has 36 heavy (non-hydrogen) atoms. The summed E-state index contributed by atoms with van der Waals surface area (Å²) in [6.07, 6.45) is 3.35. The van der Waals surface area contributed by atoms with Crippen LogP contribution in [0.5, 0.6) is 0 Å². The fraction of sp³-hybridized carbons (Fsp3) is 0.185. The number of halogens is 2. The van der Waals surface area contributed by atoms with Gasteiger partial charge in [0.15, 0.2) is 11.6 Å². The minimum absolute atomic E-state index is 0.0617. The summed E-state index contributed by atoms with van der Waals surface area (Å²) in [5.41, 5.74) is 0.754. The van der Waals surface area contributed by atoms with Crippen LogP contribution in [0.4, 0.5) is 25.0 Å². The molecule has 7 nitrogen and oxygen atoms in total. The second-order valence-corrected chi connectivity index (χ2v) is 8.06. The lowest BCUT2D eigenvalue weighted by Crippen LogP contribution is -2.61. The molecule has 0 spiro atoms. The fourth-order valence-electron chi connectivity index (χ4n) is 4.02. The predicted molar refractivity (Wildman–Crippen MR) is 130 cm³/mol. The highest BCUT2D eigenvalue weighted by atomic mass is 19.1. The van der Waals surface area contributed by atoms with Gasteiger partial charge in [0.25, 0.3) is 0 Å². The molecule has 4 rings (SSSR count). The van der Waals surface area contributed by atoms with Gasteiger partial charge in [0, 0.05) is 43.9 Å². The number of carbonyl (C=O) groups is 3. The van der Waals surface area contributed by atoms with Gasteiger partial charge in [-0.15, -0.1) is 0 Å². The minimum atomic E-state index is -1.12. The van der Waals surface area contributed by atoms with Crippen LogP contribution in [-0.4, -0.2) is 54.3 Å². The fourth-order valence-corrected chi connectivity index (χ4v) is 4.02. The van der Waals surface area contributed by atoms with E-state index in [-0.39, 0.29) is 25.1 Å². The van der Waals surface area contributed by atoms with Gasteiger partial charge in [-0.25, -0.2) is 13.6 Å². The molecule has 1 aromatic heterocycles. The Morgan fingerprint density at radius 1 is 1.08 bits per heavy atom. The van der Waals surface area contributed by atoms with E-state index in [0.717, 1.165) is 21.9 Å². The van der Waals surface area contributed by atoms with Crippen molar-refractivity contribution >= 4 is 29.6 Å². The van der Waals surface area contributed by atoms with Crippen LogP contribution in [0.15, 0.2) is 67.0 Å². The zero-order valence-corrected chi connectivity index (χ0v) is 19.4. The lowest BCUT2D eigenvalue weighted by atomic mass is 10.1. The number of aromatic nitrogens is 1. The zero-order valence-electron chi connectivity index (χ0n) is 19.4. The van der Waals surface area contributed by atoms with Crippen LogP contribution in [0.25, 0.3) is 0 Å². The Bertz CT molecular complexity index is 1320. The Labute approximate surface area is 207 Å². The smallest absolute Gasteiger partial charge is 0.310 e. The maximum Gasteiger partial charge on any atom is 0.325 e. The first-order valence-corrected chi connectivity index (χ1v) is 11.2. The first-order valence-electron chi connectivity index (χ1n) is 11.2. The van der Waals surface area contributed by atoms with E-state index in [1.165, 1.54) is 18.1 Å². The van der Waals surface area contributed by atoms with Crippen LogP contribution < -0.4 is 9.80 Å². The second-order valence-electron chi connectivity index (χ2n) is 8.06. The minimum Gasteiger partial charge on any atom is -0.310 e. The SMILES string of the molecule is CN(C(=O)N1CCN(c2cccnc2)C(=O)C1CC=O)c1c(F)cc(C#Cc2ccccc2)cc1F. The summed E-state index contributed by atoms with van der Waals surface area (Å²) in [5, 5.41) is 0. The third-order valence-corrected chi connectivity index (χ3v) is 5.78. The lowest BCUT2D eigenvalue weighted by molar-refractivity contribution is -0.126. The molecule has 182 valence electrons. The summed E-state index contributed by atoms with van der Waals surface area (Å²) in [6.45, 7) is 0.199. The highest BCUT2D eigenvalue weighted by Gasteiger charge is 2.39. The van der Waals surface area contributed by atoms with Crippen LogP contribution in [0.2, 0.25) is 0 Å². The Hall–Kier alpha value is -4.58. The second kappa shape index (κ2) is 10.8. The molecule has 1 aliphatic heterocycles. The Morgan fingerprint density at radius 2 is 1.78 bits per heavy atom. The number of hydrogen-bond acceptors (Lipinski definition) is 4. The van der Waals surface area contributed by atoms with E-state index >= 15 is 0 Å². The van der Waals surface area contributed by atoms with E-state index in [2.05, 4.69) is 16.8 Å². The van der Waals surface area contributed by atoms with E-state index in [1.807, 2.05) is 6.07 Å². The van der Waals surface area contributed by atoms with Crippen molar-refractivity contribution < 1.29 is 23.2 Å². The van der Waals surface area contributed by atoms with E-state index in [0.29, 0.717) is 17.5 Å². The summed E-state index contributed by atoms with van der Waals surface area (Å²) in [7, 11) is 1.22. The molecule has 2 heterocycles. The molecule has 0 radical (unpaired) electrons. The van der Waals surface area contributed by atoms with E-state index < -0.39 is 35.3 Å². The van der Waals surface area contributed by atoms with Gasteiger partial charge >= 0.3 is 6.03 Å². The van der Waals surface area contributed by atoms with Crippen molar-refractivity contribution in [3.05, 3.63) is 89.8 Å². The van der Waals surface area contributed by atoms with E-state index in [9.17, 15) is 23.2 Å². The molecule has 3 amide bonds. The Balaban J connectivity index is 1.57. The monoisotopic (exact) mass is 488 g/mol. The van der Waals surface area contributed by atoms with Crippen molar-refractivity contribution in [1.82, 2.24) is 9.88 Å². The Kier molecular flexibility index (Phi) is 7.35. The molecule has 1 fully saturated rings. The molecule has 1 atom stereocenters. The first-order chi connectivity index (χ1) is 17.4. The van der Waals surface area contributed by atoms with Gasteiger partial charge in [0.1, 0.15) is 18.0 Å². The quantitative estimate of drug-likeness (QED) is 0.415. The predicted octanol–water partition coefficient (Wildman–Crippen LogP) is 3.62. The average molecular weight is 488 g/mol. The van der Waals surface area contributed by atoms with Crippen LogP contribution in [0, 0.1) is 23.5 Å². The van der Waals surface area contributed by atoms with Gasteiger partial charge in [-0.3, -0.25) is 14.7 Å². The van der Waals surface area contributed by atoms with Crippen LogP contribution in [0.1, 0.15) is 17.5 Å². The molecule has 3 aromatic rings. The topological polar surface area (TPSA) is 73.8 Å². The molecule has 0 saturated carbocycles. The molecule has 1 aliphatic rings. The number of piperazine rings is 1. The first kappa shape index (κ1) is 24.5. The summed E-state index contributed by atoms with van der Waals surface area (Å²) in [5.74, 6) is 3.11. The number of aldehydes is 1. The van der Waals surface area contributed by atoms with Gasteiger partial charge in [0.2, 0.25) is 5.91 Å². The molecule has 9 heteroatoms. The largest absolute Gasteiger partial charge is 0.325 e. The van der Waals surface area contributed by atoms with Crippen molar-refractivity contribution in [2.24, 2.45) is 0 Å². The number of nitrogens with zero attached hydrogens (tertiary/aromatic N) is 4. The molecule has 1 saturated heterocycles. The highest BCUT2D eigenvalue weighted by Crippen LogP contribution is 2.27. The normalized spacial score (nSPS) is 15.2. The number of rotatable bonds is 4. The van der Waals surface area contributed by atoms with Crippen molar-refractivity contribution in [3.8, 4) is 11.8 Å². The zero-order chi connectivity index (χ0) is 25.7. The molecular weight excluding hydrogens is 466 g/mol. The molecule has 0 bridgehead atoms. The van der Waals surface area contributed by atoms with Gasteiger partial charge < -0.3 is 14.6 Å². The summed E-state index contributed by atoms with van der Waals surface area (Å²) >= 11 is 0. The van der Waals surface area contributed by atoms with Gasteiger partial charge in [-0.2, -0.15) is 0 Å². The third kappa shape index (κ3) is 5.08. The maximum absolute atomic E-state index is 15.0. The lowest BCUT2D eigenvalue weighted by Gasteiger charge is -2.41. The number of benzene rings is 2. The molecule has 1 unspecified atom stereocenters. The number of urea groups is 1. The number of carbonyl (C=O) groups excluding carboxylic acids is 3. The van der Waals surface area contributed by atoms with E-state index in [1.54, 1.807) is 42.6 Å². The van der Waals surface area contributed by atoms with Crippen molar-refractivity contribution in [2.45, 2.75) is 12.5 Å². The van der Waals surface area contributed by atoms with E-state index in [4.69, 9.17) is 0 Å². The maximum atomic E-state index is 15.0. The average Bonchev–Trinajstić information content (AvgIpc) is 2.89. The molecule has 2 aromatic carbocycles. The van der Waals surface area contributed by atoms with Crippen LogP contribution in [-0.2, 0) is 9.59 Å². The molecule has 0 aliphatic carbocycles. The van der Waals surface area contributed by atoms with Gasteiger partial charge in [-0.1, -0.05) is 30.0 Å². The molecular formula is C27H22F2N4O3. The Morgan fingerprint density at radius 3 is 2.42 bits per heavy atom. The summed E-state index contributed by atoms with van der Waals surface area (Å²) < 4.78 is 29.9. The van der Waals surface area contributed by atoms with Crippen LogP contribution >= 0.6 is 0 Å². The third-order valence-electron chi connectivity index (χ3n) is 5.78. The highest BCUT2D eigenvalue weighted by molar-refractivity contribution is 6.03.